The van der Waals surface area contributed by atoms with E-state index in [1.165, 1.54) is 0 Å². The molecule has 1 aliphatic rings. The lowest BCUT2D eigenvalue weighted by Crippen LogP contribution is -2.53. The van der Waals surface area contributed by atoms with E-state index < -0.39 is 0 Å². The molecule has 0 spiro atoms. The van der Waals surface area contributed by atoms with E-state index in [1.54, 1.807) is 12.1 Å². The highest BCUT2D eigenvalue weighted by Crippen LogP contribution is 2.15. The number of benzene rings is 1. The van der Waals surface area contributed by atoms with Crippen molar-refractivity contribution in [1.29, 1.82) is 0 Å². The molecule has 2 rings (SSSR count). The van der Waals surface area contributed by atoms with Crippen molar-refractivity contribution in [3.8, 4) is 0 Å². The number of carbonyl (C=O) groups is 2. The minimum atomic E-state index is -0.0455. The van der Waals surface area contributed by atoms with Crippen molar-refractivity contribution in [2.75, 3.05) is 19.6 Å². The zero-order chi connectivity index (χ0) is 13.0. The van der Waals surface area contributed by atoms with Gasteiger partial charge in [0, 0.05) is 39.0 Å². The molecule has 1 heterocycles. The number of nitrogens with zero attached hydrogens (tertiary/aromatic N) is 1. The summed E-state index contributed by atoms with van der Waals surface area (Å²) in [6.45, 7) is 4.04. The maximum absolute atomic E-state index is 11.8. The van der Waals surface area contributed by atoms with Crippen molar-refractivity contribution in [3.05, 3.63) is 35.9 Å². The van der Waals surface area contributed by atoms with Gasteiger partial charge < -0.3 is 10.2 Å². The first-order valence-corrected chi connectivity index (χ1v) is 6.31. The van der Waals surface area contributed by atoms with E-state index in [9.17, 15) is 9.59 Å². The molecule has 0 radical (unpaired) electrons. The number of nitrogens with one attached hydrogen (secondary N) is 1. The molecule has 98 valence electrons. The van der Waals surface area contributed by atoms with Gasteiger partial charge in [-0.3, -0.25) is 9.59 Å². The van der Waals surface area contributed by atoms with Gasteiger partial charge >= 0.3 is 0 Å². The van der Waals surface area contributed by atoms with Gasteiger partial charge in [-0.1, -0.05) is 25.1 Å². The Bertz CT molecular complexity index is 430. The summed E-state index contributed by atoms with van der Waals surface area (Å²) in [7, 11) is 0. The van der Waals surface area contributed by atoms with Crippen LogP contribution in [0.5, 0.6) is 0 Å². The fraction of sp³-hybridized carbons (Fsp3) is 0.429. The third kappa shape index (κ3) is 2.88. The lowest BCUT2D eigenvalue weighted by atomic mass is 9.99. The van der Waals surface area contributed by atoms with Crippen LogP contribution < -0.4 is 5.32 Å². The fourth-order valence-corrected chi connectivity index (χ4v) is 2.05. The summed E-state index contributed by atoms with van der Waals surface area (Å²) in [5.74, 6) is 0.546. The summed E-state index contributed by atoms with van der Waals surface area (Å²) in [6.07, 6.45) is 0.559. The molecule has 1 N–H and O–H groups in total. The first-order valence-electron chi connectivity index (χ1n) is 6.31. The van der Waals surface area contributed by atoms with Gasteiger partial charge in [-0.15, -0.1) is 0 Å². The number of hydrogen-bond donors (Lipinski definition) is 1. The molecule has 1 fully saturated rings. The Morgan fingerprint density at radius 1 is 1.33 bits per heavy atom. The smallest absolute Gasteiger partial charge is 0.251 e. The molecule has 1 aromatic rings. The molecule has 1 aromatic carbocycles. The van der Waals surface area contributed by atoms with Crippen molar-refractivity contribution in [3.63, 3.8) is 0 Å². The van der Waals surface area contributed by atoms with Crippen LogP contribution in [-0.4, -0.2) is 36.3 Å². The summed E-state index contributed by atoms with van der Waals surface area (Å²) in [6, 6.07) is 9.17. The number of rotatable bonds is 4. The maximum atomic E-state index is 11.8. The van der Waals surface area contributed by atoms with Gasteiger partial charge in [-0.25, -0.2) is 0 Å². The molecular weight excluding hydrogens is 228 g/mol. The number of carbonyl (C=O) groups excluding carboxylic acids is 2. The van der Waals surface area contributed by atoms with Gasteiger partial charge in [-0.2, -0.15) is 0 Å². The molecule has 0 saturated carbocycles. The average Bonchev–Trinajstić information content (AvgIpc) is 2.37. The molecule has 0 aliphatic carbocycles. The quantitative estimate of drug-likeness (QED) is 0.878. The molecule has 1 saturated heterocycles. The summed E-state index contributed by atoms with van der Waals surface area (Å²) >= 11 is 0. The van der Waals surface area contributed by atoms with E-state index in [1.807, 2.05) is 30.0 Å². The largest absolute Gasteiger partial charge is 0.352 e. The van der Waals surface area contributed by atoms with Crippen LogP contribution in [0.2, 0.25) is 0 Å². The number of likely N-dealkylation sites (tertiary alicyclic amines) is 1. The van der Waals surface area contributed by atoms with E-state index in [2.05, 4.69) is 5.32 Å². The molecule has 2 amide bonds. The predicted octanol–water partition coefficient (Wildman–Crippen LogP) is 1.53. The molecule has 1 aliphatic heterocycles. The standard InChI is InChI=1S/C14H18N2O2.H2/c1-2-13(17)16-9-11(10-16)8-15-14(18)12-6-4-3-5-7-12;/h3-7,11H,2,8-10H2,1H3,(H,15,18);1H. The summed E-state index contributed by atoms with van der Waals surface area (Å²) in [4.78, 5) is 24.9. The second kappa shape index (κ2) is 5.67. The van der Waals surface area contributed by atoms with Crippen LogP contribution in [0, 0.1) is 5.92 Å². The van der Waals surface area contributed by atoms with Gasteiger partial charge in [0.2, 0.25) is 5.91 Å². The molecule has 18 heavy (non-hydrogen) atoms. The SMILES string of the molecule is CCC(=O)N1CC(CNC(=O)c2ccccc2)C1.[HH]. The van der Waals surface area contributed by atoms with Crippen LogP contribution in [0.1, 0.15) is 25.1 Å². The Labute approximate surface area is 108 Å². The first kappa shape index (κ1) is 12.6. The van der Waals surface area contributed by atoms with E-state index in [-0.39, 0.29) is 13.2 Å². The van der Waals surface area contributed by atoms with Crippen LogP contribution in [0.3, 0.4) is 0 Å². The molecule has 0 atom stereocenters. The lowest BCUT2D eigenvalue weighted by molar-refractivity contribution is -0.136. The Kier molecular flexibility index (Phi) is 3.97. The van der Waals surface area contributed by atoms with Crippen molar-refractivity contribution in [2.24, 2.45) is 5.92 Å². The van der Waals surface area contributed by atoms with E-state index in [4.69, 9.17) is 0 Å². The molecular formula is C14H20N2O2. The second-order valence-electron chi connectivity index (χ2n) is 4.59. The van der Waals surface area contributed by atoms with Crippen molar-refractivity contribution >= 4 is 11.8 Å². The summed E-state index contributed by atoms with van der Waals surface area (Å²) < 4.78 is 0. The minimum Gasteiger partial charge on any atom is -0.352 e. The molecule has 0 unspecified atom stereocenters. The Balaban J connectivity index is 0.00000180. The molecule has 0 bridgehead atoms. The monoisotopic (exact) mass is 248 g/mol. The molecule has 0 aromatic heterocycles. The van der Waals surface area contributed by atoms with Crippen LogP contribution in [-0.2, 0) is 4.79 Å². The normalized spacial score (nSPS) is 15.1. The van der Waals surface area contributed by atoms with E-state index in [0.29, 0.717) is 24.4 Å². The lowest BCUT2D eigenvalue weighted by Gasteiger charge is -2.39. The van der Waals surface area contributed by atoms with Crippen molar-refractivity contribution in [1.82, 2.24) is 10.2 Å². The average molecular weight is 248 g/mol. The maximum Gasteiger partial charge on any atom is 0.251 e. The molecule has 4 heteroatoms. The zero-order valence-electron chi connectivity index (χ0n) is 10.6. The van der Waals surface area contributed by atoms with Crippen molar-refractivity contribution in [2.45, 2.75) is 13.3 Å². The topological polar surface area (TPSA) is 49.4 Å². The van der Waals surface area contributed by atoms with E-state index in [0.717, 1.165) is 13.1 Å². The fourth-order valence-electron chi connectivity index (χ4n) is 2.05. The van der Waals surface area contributed by atoms with Gasteiger partial charge in [0.15, 0.2) is 0 Å². The Morgan fingerprint density at radius 2 is 2.00 bits per heavy atom. The van der Waals surface area contributed by atoms with Crippen LogP contribution in [0.15, 0.2) is 30.3 Å². The third-order valence-electron chi connectivity index (χ3n) is 3.20. The van der Waals surface area contributed by atoms with E-state index >= 15 is 0 Å². The Morgan fingerprint density at radius 3 is 2.61 bits per heavy atom. The highest BCUT2D eigenvalue weighted by molar-refractivity contribution is 5.94. The van der Waals surface area contributed by atoms with Gasteiger partial charge in [0.05, 0.1) is 0 Å². The highest BCUT2D eigenvalue weighted by atomic mass is 16.2. The summed E-state index contributed by atoms with van der Waals surface area (Å²) in [5, 5.41) is 2.90. The summed E-state index contributed by atoms with van der Waals surface area (Å²) in [5.41, 5.74) is 0.679. The number of hydrogen-bond acceptors (Lipinski definition) is 2. The zero-order valence-corrected chi connectivity index (χ0v) is 10.6. The van der Waals surface area contributed by atoms with Gasteiger partial charge in [0.25, 0.3) is 5.91 Å². The molecule has 4 nitrogen and oxygen atoms in total. The van der Waals surface area contributed by atoms with Crippen LogP contribution in [0.4, 0.5) is 0 Å². The van der Waals surface area contributed by atoms with Crippen molar-refractivity contribution < 1.29 is 11.0 Å². The number of amides is 2. The van der Waals surface area contributed by atoms with Gasteiger partial charge in [0.1, 0.15) is 0 Å². The highest BCUT2D eigenvalue weighted by Gasteiger charge is 2.29. The second-order valence-corrected chi connectivity index (χ2v) is 4.59. The Hall–Kier alpha value is -1.84. The van der Waals surface area contributed by atoms with Gasteiger partial charge in [-0.05, 0) is 12.1 Å². The third-order valence-corrected chi connectivity index (χ3v) is 3.20. The van der Waals surface area contributed by atoms with Crippen LogP contribution >= 0.6 is 0 Å². The predicted molar refractivity (Wildman–Crippen MR) is 71.3 cm³/mol. The minimum absolute atomic E-state index is 0. The first-order chi connectivity index (χ1) is 8.70. The van der Waals surface area contributed by atoms with Crippen LogP contribution in [0.25, 0.3) is 0 Å².